The summed E-state index contributed by atoms with van der Waals surface area (Å²) in [6.45, 7) is 5.96. The molecule has 0 aliphatic carbocycles. The van der Waals surface area contributed by atoms with E-state index < -0.39 is 0 Å². The third kappa shape index (κ3) is 2.48. The van der Waals surface area contributed by atoms with Crippen molar-refractivity contribution in [3.8, 4) is 5.88 Å². The van der Waals surface area contributed by atoms with Crippen LogP contribution in [0.5, 0.6) is 5.88 Å². The van der Waals surface area contributed by atoms with E-state index in [4.69, 9.17) is 4.74 Å². The SMILES string of the molecule is Cc1ccc(Br)nc1OC(C)C. The van der Waals surface area contributed by atoms with Crippen molar-refractivity contribution in [3.05, 3.63) is 22.3 Å². The number of nitrogens with zero attached hydrogens (tertiary/aromatic N) is 1. The second-order valence-electron chi connectivity index (χ2n) is 2.92. The van der Waals surface area contributed by atoms with Crippen LogP contribution >= 0.6 is 15.9 Å². The lowest BCUT2D eigenvalue weighted by molar-refractivity contribution is 0.230. The number of halogens is 1. The number of aryl methyl sites for hydroxylation is 1. The summed E-state index contributed by atoms with van der Waals surface area (Å²) in [5.74, 6) is 0.708. The molecule has 0 N–H and O–H groups in total. The van der Waals surface area contributed by atoms with Crippen molar-refractivity contribution in [1.82, 2.24) is 4.98 Å². The van der Waals surface area contributed by atoms with Gasteiger partial charge < -0.3 is 4.74 Å². The van der Waals surface area contributed by atoms with Crippen LogP contribution in [0, 0.1) is 6.92 Å². The van der Waals surface area contributed by atoms with Crippen LogP contribution in [0.1, 0.15) is 19.4 Å². The Hall–Kier alpha value is -0.570. The highest BCUT2D eigenvalue weighted by Gasteiger charge is 2.03. The molecule has 1 aromatic rings. The molecule has 0 saturated heterocycles. The fourth-order valence-electron chi connectivity index (χ4n) is 0.830. The molecule has 0 aliphatic rings. The first-order chi connectivity index (χ1) is 5.59. The van der Waals surface area contributed by atoms with E-state index in [0.717, 1.165) is 10.2 Å². The van der Waals surface area contributed by atoms with Gasteiger partial charge in [-0.05, 0) is 42.8 Å². The van der Waals surface area contributed by atoms with Gasteiger partial charge in [0.15, 0.2) is 0 Å². The molecule has 2 nitrogen and oxygen atoms in total. The average Bonchev–Trinajstić information content (AvgIpc) is 1.96. The number of rotatable bonds is 2. The summed E-state index contributed by atoms with van der Waals surface area (Å²) in [5.41, 5.74) is 1.06. The van der Waals surface area contributed by atoms with Crippen LogP contribution in [0.3, 0.4) is 0 Å². The molecule has 12 heavy (non-hydrogen) atoms. The molecule has 0 atom stereocenters. The lowest BCUT2D eigenvalue weighted by Gasteiger charge is -2.10. The Kier molecular flexibility index (Phi) is 3.09. The summed E-state index contributed by atoms with van der Waals surface area (Å²) in [5, 5.41) is 0. The summed E-state index contributed by atoms with van der Waals surface area (Å²) in [4.78, 5) is 4.21. The molecular formula is C9H12BrNO. The highest BCUT2D eigenvalue weighted by molar-refractivity contribution is 9.10. The topological polar surface area (TPSA) is 22.1 Å². The molecule has 0 radical (unpaired) electrons. The Bertz CT molecular complexity index is 273. The first-order valence-corrected chi connectivity index (χ1v) is 4.68. The van der Waals surface area contributed by atoms with E-state index in [9.17, 15) is 0 Å². The van der Waals surface area contributed by atoms with Gasteiger partial charge in [-0.2, -0.15) is 0 Å². The molecule has 0 bridgehead atoms. The molecule has 0 unspecified atom stereocenters. The van der Waals surface area contributed by atoms with Gasteiger partial charge in [-0.1, -0.05) is 6.07 Å². The standard InChI is InChI=1S/C9H12BrNO/c1-6(2)12-9-7(3)4-5-8(10)11-9/h4-6H,1-3H3. The number of hydrogen-bond donors (Lipinski definition) is 0. The Morgan fingerprint density at radius 2 is 2.08 bits per heavy atom. The Morgan fingerprint density at radius 3 is 2.67 bits per heavy atom. The zero-order valence-corrected chi connectivity index (χ0v) is 9.05. The zero-order chi connectivity index (χ0) is 9.14. The number of hydrogen-bond acceptors (Lipinski definition) is 2. The Balaban J connectivity index is 2.90. The van der Waals surface area contributed by atoms with Crippen LogP contribution in [0.15, 0.2) is 16.7 Å². The minimum absolute atomic E-state index is 0.172. The molecule has 0 amide bonds. The summed E-state index contributed by atoms with van der Waals surface area (Å²) in [7, 11) is 0. The fourth-order valence-corrected chi connectivity index (χ4v) is 1.12. The highest BCUT2D eigenvalue weighted by Crippen LogP contribution is 2.18. The van der Waals surface area contributed by atoms with Crippen LogP contribution in [0.25, 0.3) is 0 Å². The van der Waals surface area contributed by atoms with Crippen molar-refractivity contribution < 1.29 is 4.74 Å². The van der Waals surface area contributed by atoms with E-state index in [1.54, 1.807) is 0 Å². The second kappa shape index (κ2) is 3.90. The minimum atomic E-state index is 0.172. The Labute approximate surface area is 81.1 Å². The van der Waals surface area contributed by atoms with Crippen molar-refractivity contribution >= 4 is 15.9 Å². The zero-order valence-electron chi connectivity index (χ0n) is 7.47. The van der Waals surface area contributed by atoms with Gasteiger partial charge in [-0.3, -0.25) is 0 Å². The minimum Gasteiger partial charge on any atom is -0.475 e. The molecule has 0 fully saturated rings. The predicted molar refractivity (Wildman–Crippen MR) is 52.4 cm³/mol. The maximum atomic E-state index is 5.48. The van der Waals surface area contributed by atoms with Crippen molar-refractivity contribution in [3.63, 3.8) is 0 Å². The highest BCUT2D eigenvalue weighted by atomic mass is 79.9. The molecule has 1 rings (SSSR count). The summed E-state index contributed by atoms with van der Waals surface area (Å²) in [6, 6.07) is 3.89. The molecule has 0 aliphatic heterocycles. The maximum absolute atomic E-state index is 5.48. The summed E-state index contributed by atoms with van der Waals surface area (Å²) < 4.78 is 6.29. The van der Waals surface area contributed by atoms with Crippen LogP contribution in [-0.2, 0) is 0 Å². The quantitative estimate of drug-likeness (QED) is 0.728. The largest absolute Gasteiger partial charge is 0.475 e. The molecule has 0 saturated carbocycles. The third-order valence-corrected chi connectivity index (χ3v) is 1.81. The van der Waals surface area contributed by atoms with Crippen LogP contribution in [0.2, 0.25) is 0 Å². The van der Waals surface area contributed by atoms with Gasteiger partial charge >= 0.3 is 0 Å². The van der Waals surface area contributed by atoms with E-state index >= 15 is 0 Å². The van der Waals surface area contributed by atoms with E-state index in [1.807, 2.05) is 32.9 Å². The van der Waals surface area contributed by atoms with E-state index in [2.05, 4.69) is 20.9 Å². The van der Waals surface area contributed by atoms with Crippen LogP contribution < -0.4 is 4.74 Å². The van der Waals surface area contributed by atoms with Crippen molar-refractivity contribution in [2.24, 2.45) is 0 Å². The number of ether oxygens (including phenoxy) is 1. The van der Waals surface area contributed by atoms with E-state index in [1.165, 1.54) is 0 Å². The van der Waals surface area contributed by atoms with Gasteiger partial charge in [0.2, 0.25) is 5.88 Å². The van der Waals surface area contributed by atoms with Gasteiger partial charge in [0.25, 0.3) is 0 Å². The van der Waals surface area contributed by atoms with Crippen molar-refractivity contribution in [2.75, 3.05) is 0 Å². The van der Waals surface area contributed by atoms with E-state index in [-0.39, 0.29) is 6.10 Å². The molecule has 1 aromatic heterocycles. The lowest BCUT2D eigenvalue weighted by atomic mass is 10.3. The normalized spacial score (nSPS) is 10.4. The molecule has 0 aromatic carbocycles. The third-order valence-electron chi connectivity index (χ3n) is 1.36. The monoisotopic (exact) mass is 229 g/mol. The molecule has 0 spiro atoms. The van der Waals surface area contributed by atoms with Gasteiger partial charge in [-0.15, -0.1) is 0 Å². The van der Waals surface area contributed by atoms with Gasteiger partial charge in [0.1, 0.15) is 4.60 Å². The van der Waals surface area contributed by atoms with Crippen molar-refractivity contribution in [1.29, 1.82) is 0 Å². The second-order valence-corrected chi connectivity index (χ2v) is 3.74. The first-order valence-electron chi connectivity index (χ1n) is 3.89. The van der Waals surface area contributed by atoms with Gasteiger partial charge in [0, 0.05) is 5.56 Å². The average molecular weight is 230 g/mol. The smallest absolute Gasteiger partial charge is 0.217 e. The maximum Gasteiger partial charge on any atom is 0.217 e. The number of pyridine rings is 1. The fraction of sp³-hybridized carbons (Fsp3) is 0.444. The first kappa shape index (κ1) is 9.52. The van der Waals surface area contributed by atoms with E-state index in [0.29, 0.717) is 5.88 Å². The predicted octanol–water partition coefficient (Wildman–Crippen LogP) is 2.94. The molecular weight excluding hydrogens is 218 g/mol. The molecule has 66 valence electrons. The number of aromatic nitrogens is 1. The lowest BCUT2D eigenvalue weighted by Crippen LogP contribution is -2.08. The molecule has 1 heterocycles. The summed E-state index contributed by atoms with van der Waals surface area (Å²) >= 11 is 3.30. The van der Waals surface area contributed by atoms with Crippen LogP contribution in [0.4, 0.5) is 0 Å². The summed E-state index contributed by atoms with van der Waals surface area (Å²) in [6.07, 6.45) is 0.172. The van der Waals surface area contributed by atoms with Gasteiger partial charge in [-0.25, -0.2) is 4.98 Å². The van der Waals surface area contributed by atoms with Crippen molar-refractivity contribution in [2.45, 2.75) is 26.9 Å². The van der Waals surface area contributed by atoms with Crippen LogP contribution in [-0.4, -0.2) is 11.1 Å². The molecule has 3 heteroatoms. The van der Waals surface area contributed by atoms with Gasteiger partial charge in [0.05, 0.1) is 6.10 Å². The Morgan fingerprint density at radius 1 is 1.42 bits per heavy atom.